The molecule has 5 heteroatoms. The van der Waals surface area contributed by atoms with E-state index in [1.54, 1.807) is 22.1 Å². The van der Waals surface area contributed by atoms with Gasteiger partial charge < -0.3 is 5.73 Å². The molecule has 4 nitrogen and oxygen atoms in total. The number of thiophene rings is 1. The molecule has 0 atom stereocenters. The number of hydrogen-bond donors (Lipinski definition) is 1. The van der Waals surface area contributed by atoms with Crippen molar-refractivity contribution < 1.29 is 4.79 Å². The molecule has 0 spiro atoms. The molecule has 17 heavy (non-hydrogen) atoms. The zero-order chi connectivity index (χ0) is 11.8. The third-order valence-corrected chi connectivity index (χ3v) is 3.66. The Hall–Kier alpha value is -1.62. The van der Waals surface area contributed by atoms with E-state index in [0.717, 1.165) is 17.8 Å². The summed E-state index contributed by atoms with van der Waals surface area (Å²) in [6.07, 6.45) is 2.46. The predicted molar refractivity (Wildman–Crippen MR) is 66.8 cm³/mol. The Kier molecular flexibility index (Phi) is 2.48. The third kappa shape index (κ3) is 2.10. The Bertz CT molecular complexity index is 540. The van der Waals surface area contributed by atoms with Crippen LogP contribution in [0.25, 0.3) is 11.3 Å². The lowest BCUT2D eigenvalue weighted by atomic mass is 10.2. The van der Waals surface area contributed by atoms with Gasteiger partial charge in [0.15, 0.2) is 0 Å². The Morgan fingerprint density at radius 3 is 3.00 bits per heavy atom. The highest BCUT2D eigenvalue weighted by Gasteiger charge is 2.24. The largest absolute Gasteiger partial charge is 0.364 e. The van der Waals surface area contributed by atoms with Crippen LogP contribution >= 0.6 is 11.3 Å². The minimum Gasteiger partial charge on any atom is -0.364 e. The first kappa shape index (κ1) is 10.5. The fraction of sp³-hybridized carbons (Fsp3) is 0.333. The number of nitrogens with two attached hydrogens (primary N) is 1. The van der Waals surface area contributed by atoms with Crippen LogP contribution in [-0.4, -0.2) is 15.7 Å². The van der Waals surface area contributed by atoms with Gasteiger partial charge in [-0.25, -0.2) is 0 Å². The molecular formula is C12H13N3OS. The molecule has 3 rings (SSSR count). The van der Waals surface area contributed by atoms with Crippen molar-refractivity contribution in [3.05, 3.63) is 28.6 Å². The molecule has 0 unspecified atom stereocenters. The Morgan fingerprint density at radius 1 is 1.59 bits per heavy atom. The molecule has 2 aromatic heterocycles. The molecule has 0 bridgehead atoms. The molecular weight excluding hydrogens is 234 g/mol. The van der Waals surface area contributed by atoms with Crippen LogP contribution in [0.1, 0.15) is 23.3 Å². The van der Waals surface area contributed by atoms with E-state index < -0.39 is 5.91 Å². The molecule has 0 aliphatic heterocycles. The summed E-state index contributed by atoms with van der Waals surface area (Å²) in [7, 11) is 0. The average molecular weight is 247 g/mol. The number of rotatable bonds is 4. The Morgan fingerprint density at radius 2 is 2.41 bits per heavy atom. The van der Waals surface area contributed by atoms with E-state index in [0.29, 0.717) is 11.6 Å². The molecule has 2 heterocycles. The van der Waals surface area contributed by atoms with Crippen LogP contribution in [0.15, 0.2) is 22.9 Å². The summed E-state index contributed by atoms with van der Waals surface area (Å²) in [6, 6.07) is 3.78. The Balaban J connectivity index is 1.97. The van der Waals surface area contributed by atoms with Gasteiger partial charge >= 0.3 is 0 Å². The van der Waals surface area contributed by atoms with Crippen LogP contribution in [0.3, 0.4) is 0 Å². The van der Waals surface area contributed by atoms with Gasteiger partial charge in [-0.3, -0.25) is 9.48 Å². The highest BCUT2D eigenvalue weighted by molar-refractivity contribution is 7.08. The molecule has 1 amide bonds. The molecule has 1 fully saturated rings. The van der Waals surface area contributed by atoms with Crippen molar-refractivity contribution in [2.45, 2.75) is 19.4 Å². The van der Waals surface area contributed by atoms with Crippen molar-refractivity contribution in [2.24, 2.45) is 11.7 Å². The highest BCUT2D eigenvalue weighted by Crippen LogP contribution is 2.31. The molecule has 0 saturated heterocycles. The average Bonchev–Trinajstić information content (AvgIpc) is 2.82. The summed E-state index contributed by atoms with van der Waals surface area (Å²) in [4.78, 5) is 11.4. The smallest absolute Gasteiger partial charge is 0.266 e. The molecule has 2 N–H and O–H groups in total. The van der Waals surface area contributed by atoms with Crippen molar-refractivity contribution in [3.63, 3.8) is 0 Å². The molecule has 1 saturated carbocycles. The SMILES string of the molecule is NC(=O)c1cc(-c2ccsc2)nn1CC1CC1. The van der Waals surface area contributed by atoms with Crippen LogP contribution in [0.4, 0.5) is 0 Å². The number of hydrogen-bond acceptors (Lipinski definition) is 3. The molecule has 0 aromatic carbocycles. The van der Waals surface area contributed by atoms with Gasteiger partial charge in [0.2, 0.25) is 0 Å². The fourth-order valence-electron chi connectivity index (χ4n) is 1.85. The van der Waals surface area contributed by atoms with Crippen LogP contribution < -0.4 is 5.73 Å². The summed E-state index contributed by atoms with van der Waals surface area (Å²) >= 11 is 1.62. The second-order valence-electron chi connectivity index (χ2n) is 4.42. The van der Waals surface area contributed by atoms with Crippen LogP contribution in [0.2, 0.25) is 0 Å². The van der Waals surface area contributed by atoms with Gasteiger partial charge in [0.05, 0.1) is 5.69 Å². The standard InChI is InChI=1S/C12H13N3OS/c13-12(16)11-5-10(9-3-4-17-7-9)14-15(11)6-8-1-2-8/h3-5,7-8H,1-2,6H2,(H2,13,16). The highest BCUT2D eigenvalue weighted by atomic mass is 32.1. The summed E-state index contributed by atoms with van der Waals surface area (Å²) in [5.74, 6) is 0.267. The van der Waals surface area contributed by atoms with E-state index in [1.807, 2.05) is 16.8 Å². The van der Waals surface area contributed by atoms with Gasteiger partial charge in [-0.05, 0) is 36.3 Å². The van der Waals surface area contributed by atoms with E-state index in [1.165, 1.54) is 12.8 Å². The van der Waals surface area contributed by atoms with E-state index in [2.05, 4.69) is 5.10 Å². The Labute approximate surface area is 103 Å². The zero-order valence-corrected chi connectivity index (χ0v) is 10.1. The number of nitrogens with zero attached hydrogens (tertiary/aromatic N) is 2. The van der Waals surface area contributed by atoms with Gasteiger partial charge in [-0.15, -0.1) is 0 Å². The predicted octanol–water partition coefficient (Wildman–Crippen LogP) is 2.12. The number of carbonyl (C=O) groups excluding carboxylic acids is 1. The van der Waals surface area contributed by atoms with Crippen molar-refractivity contribution in [1.29, 1.82) is 0 Å². The lowest BCUT2D eigenvalue weighted by Gasteiger charge is -2.02. The molecule has 2 aromatic rings. The van der Waals surface area contributed by atoms with Gasteiger partial charge in [-0.1, -0.05) is 0 Å². The van der Waals surface area contributed by atoms with Crippen molar-refractivity contribution in [3.8, 4) is 11.3 Å². The summed E-state index contributed by atoms with van der Waals surface area (Å²) < 4.78 is 1.76. The second-order valence-corrected chi connectivity index (χ2v) is 5.20. The number of primary amides is 1. The van der Waals surface area contributed by atoms with Crippen LogP contribution in [0.5, 0.6) is 0 Å². The lowest BCUT2D eigenvalue weighted by molar-refractivity contribution is 0.0989. The van der Waals surface area contributed by atoms with Gasteiger partial charge in [-0.2, -0.15) is 16.4 Å². The van der Waals surface area contributed by atoms with E-state index in [-0.39, 0.29) is 0 Å². The van der Waals surface area contributed by atoms with Crippen molar-refractivity contribution >= 4 is 17.2 Å². The summed E-state index contributed by atoms with van der Waals surface area (Å²) in [5, 5.41) is 8.50. The third-order valence-electron chi connectivity index (χ3n) is 2.98. The topological polar surface area (TPSA) is 60.9 Å². The first-order valence-corrected chi connectivity index (χ1v) is 6.58. The maximum absolute atomic E-state index is 11.4. The number of aromatic nitrogens is 2. The first-order valence-electron chi connectivity index (χ1n) is 5.64. The fourth-order valence-corrected chi connectivity index (χ4v) is 2.50. The summed E-state index contributed by atoms with van der Waals surface area (Å²) in [6.45, 7) is 0.808. The van der Waals surface area contributed by atoms with Gasteiger partial charge in [0.25, 0.3) is 5.91 Å². The minimum absolute atomic E-state index is 0.403. The minimum atomic E-state index is -0.403. The van der Waals surface area contributed by atoms with Crippen LogP contribution in [0, 0.1) is 5.92 Å². The van der Waals surface area contributed by atoms with Gasteiger partial charge in [0.1, 0.15) is 5.69 Å². The molecule has 1 aliphatic rings. The second kappa shape index (κ2) is 4.00. The van der Waals surface area contributed by atoms with Gasteiger partial charge in [0, 0.05) is 17.5 Å². The van der Waals surface area contributed by atoms with E-state index in [4.69, 9.17) is 5.73 Å². The maximum atomic E-state index is 11.4. The molecule has 1 aliphatic carbocycles. The maximum Gasteiger partial charge on any atom is 0.266 e. The monoisotopic (exact) mass is 247 g/mol. The number of amides is 1. The van der Waals surface area contributed by atoms with Crippen LogP contribution in [-0.2, 0) is 6.54 Å². The van der Waals surface area contributed by atoms with E-state index >= 15 is 0 Å². The quantitative estimate of drug-likeness (QED) is 0.899. The normalized spacial score (nSPS) is 15.1. The van der Waals surface area contributed by atoms with E-state index in [9.17, 15) is 4.79 Å². The lowest BCUT2D eigenvalue weighted by Crippen LogP contribution is -2.18. The molecule has 0 radical (unpaired) electrons. The first-order chi connectivity index (χ1) is 8.24. The van der Waals surface area contributed by atoms with Crippen molar-refractivity contribution in [1.82, 2.24) is 9.78 Å². The number of carbonyl (C=O) groups is 1. The zero-order valence-electron chi connectivity index (χ0n) is 9.30. The summed E-state index contributed by atoms with van der Waals surface area (Å²) in [5.41, 5.74) is 7.77. The van der Waals surface area contributed by atoms with Crippen molar-refractivity contribution in [2.75, 3.05) is 0 Å². The molecule has 88 valence electrons.